The summed E-state index contributed by atoms with van der Waals surface area (Å²) in [5, 5.41) is 0.869. The fourth-order valence-corrected chi connectivity index (χ4v) is 4.11. The molecule has 1 fully saturated rings. The summed E-state index contributed by atoms with van der Waals surface area (Å²) in [6, 6.07) is 8.41. The zero-order valence-corrected chi connectivity index (χ0v) is 14.3. The van der Waals surface area contributed by atoms with Gasteiger partial charge in [0.2, 0.25) is 0 Å². The van der Waals surface area contributed by atoms with Crippen LogP contribution in [0.1, 0.15) is 31.7 Å². The Morgan fingerprint density at radius 3 is 3.05 bits per heavy atom. The number of carbonyl (C=O) groups excluding carboxylic acids is 1. The Morgan fingerprint density at radius 1 is 1.43 bits per heavy atom. The van der Waals surface area contributed by atoms with Gasteiger partial charge < -0.3 is 4.90 Å². The molecule has 1 saturated heterocycles. The molecule has 5 heteroatoms. The molecule has 1 atom stereocenters. The average molecular weight is 365 g/mol. The fraction of sp³-hybridized carbons (Fsp3) is 0.375. The summed E-state index contributed by atoms with van der Waals surface area (Å²) in [6.07, 6.45) is 5.55. The van der Waals surface area contributed by atoms with Crippen LogP contribution in [0.5, 0.6) is 0 Å². The van der Waals surface area contributed by atoms with Crippen molar-refractivity contribution < 1.29 is 4.79 Å². The first-order valence-corrected chi connectivity index (χ1v) is 8.79. The second-order valence-corrected chi connectivity index (χ2v) is 7.33. The van der Waals surface area contributed by atoms with E-state index < -0.39 is 0 Å². The summed E-state index contributed by atoms with van der Waals surface area (Å²) in [7, 11) is 0. The molecule has 2 aliphatic heterocycles. The highest BCUT2D eigenvalue weighted by Crippen LogP contribution is 2.33. The maximum absolute atomic E-state index is 12.1. The minimum Gasteiger partial charge on any atom is -0.348 e. The van der Waals surface area contributed by atoms with Gasteiger partial charge in [0, 0.05) is 17.1 Å². The topological polar surface area (TPSA) is 32.7 Å². The van der Waals surface area contributed by atoms with Gasteiger partial charge in [-0.1, -0.05) is 28.1 Å². The Hall–Kier alpha value is -1.07. The van der Waals surface area contributed by atoms with Crippen molar-refractivity contribution in [1.82, 2.24) is 4.90 Å². The van der Waals surface area contributed by atoms with Crippen LogP contribution < -0.4 is 0 Å². The molecule has 1 aromatic carbocycles. The van der Waals surface area contributed by atoms with E-state index in [2.05, 4.69) is 32.7 Å². The highest BCUT2D eigenvalue weighted by molar-refractivity contribution is 9.10. The van der Waals surface area contributed by atoms with Gasteiger partial charge in [-0.3, -0.25) is 4.79 Å². The van der Waals surface area contributed by atoms with Crippen LogP contribution in [0.3, 0.4) is 0 Å². The maximum atomic E-state index is 12.1. The van der Waals surface area contributed by atoms with Crippen molar-refractivity contribution >= 4 is 44.8 Å². The van der Waals surface area contributed by atoms with Crippen molar-refractivity contribution in [2.24, 2.45) is 4.99 Å². The van der Waals surface area contributed by atoms with Crippen molar-refractivity contribution in [3.8, 4) is 0 Å². The van der Waals surface area contributed by atoms with Crippen LogP contribution in [-0.2, 0) is 4.79 Å². The lowest BCUT2D eigenvalue weighted by Gasteiger charge is -2.34. The first kappa shape index (κ1) is 14.9. The lowest BCUT2D eigenvalue weighted by molar-refractivity contribution is -0.113. The number of carbonyl (C=O) groups is 1. The molecule has 0 aromatic heterocycles. The van der Waals surface area contributed by atoms with Gasteiger partial charge in [0.15, 0.2) is 5.17 Å². The summed E-state index contributed by atoms with van der Waals surface area (Å²) in [4.78, 5) is 19.3. The summed E-state index contributed by atoms with van der Waals surface area (Å²) in [5.41, 5.74) is 1.02. The van der Waals surface area contributed by atoms with Gasteiger partial charge in [0.1, 0.15) is 0 Å². The molecule has 1 aromatic rings. The molecule has 0 radical (unpaired) electrons. The molecule has 1 amide bonds. The highest BCUT2D eigenvalue weighted by atomic mass is 79.9. The number of hydrogen-bond donors (Lipinski definition) is 0. The molecular weight excluding hydrogens is 348 g/mol. The lowest BCUT2D eigenvalue weighted by Crippen LogP contribution is -2.40. The maximum Gasteiger partial charge on any atom is 0.286 e. The molecule has 0 bridgehead atoms. The van der Waals surface area contributed by atoms with E-state index in [1.165, 1.54) is 31.0 Å². The average Bonchev–Trinajstić information content (AvgIpc) is 2.80. The standard InChI is InChI=1S/C16H17BrN2OS/c1-11-5-2-3-8-19(11)16-18-15(20)14(21-16)10-12-6-4-7-13(17)9-12/h4,6-7,9-11H,2-3,5,8H2,1H3/b14-10+/t11-/m0/s1. The zero-order chi connectivity index (χ0) is 14.8. The highest BCUT2D eigenvalue weighted by Gasteiger charge is 2.29. The third-order valence-corrected chi connectivity index (χ3v) is 5.32. The lowest BCUT2D eigenvalue weighted by atomic mass is 10.1. The Labute approximate surface area is 137 Å². The predicted octanol–water partition coefficient (Wildman–Crippen LogP) is 4.29. The first-order chi connectivity index (χ1) is 10.1. The second-order valence-electron chi connectivity index (χ2n) is 5.40. The predicted molar refractivity (Wildman–Crippen MR) is 92.2 cm³/mol. The SMILES string of the molecule is C[C@H]1CCCCN1C1=NC(=O)/C(=C\c2cccc(Br)c2)S1. The quantitative estimate of drug-likeness (QED) is 0.696. The number of benzene rings is 1. The van der Waals surface area contributed by atoms with Crippen LogP contribution in [0.2, 0.25) is 0 Å². The smallest absolute Gasteiger partial charge is 0.286 e. The number of hydrogen-bond acceptors (Lipinski definition) is 3. The minimum absolute atomic E-state index is 0.118. The minimum atomic E-state index is -0.118. The van der Waals surface area contributed by atoms with Crippen LogP contribution in [0, 0.1) is 0 Å². The summed E-state index contributed by atoms with van der Waals surface area (Å²) in [6.45, 7) is 3.22. The van der Waals surface area contributed by atoms with Crippen molar-refractivity contribution in [1.29, 1.82) is 0 Å². The van der Waals surface area contributed by atoms with Gasteiger partial charge in [0.25, 0.3) is 5.91 Å². The normalized spacial score (nSPS) is 24.6. The van der Waals surface area contributed by atoms with E-state index in [9.17, 15) is 4.79 Å². The third-order valence-electron chi connectivity index (χ3n) is 3.80. The molecule has 3 nitrogen and oxygen atoms in total. The van der Waals surface area contributed by atoms with Crippen molar-refractivity contribution in [3.05, 3.63) is 39.2 Å². The largest absolute Gasteiger partial charge is 0.348 e. The molecule has 0 saturated carbocycles. The Balaban J connectivity index is 1.78. The van der Waals surface area contributed by atoms with E-state index in [-0.39, 0.29) is 5.91 Å². The monoisotopic (exact) mass is 364 g/mol. The Bertz CT molecular complexity index is 626. The number of likely N-dealkylation sites (tertiary alicyclic amines) is 1. The Kier molecular flexibility index (Phi) is 4.50. The van der Waals surface area contributed by atoms with E-state index in [1.807, 2.05) is 30.3 Å². The number of aliphatic imine (C=N–C) groups is 1. The van der Waals surface area contributed by atoms with E-state index >= 15 is 0 Å². The molecule has 0 N–H and O–H groups in total. The summed E-state index contributed by atoms with van der Waals surface area (Å²) in [5.74, 6) is -0.118. The van der Waals surface area contributed by atoms with E-state index in [0.29, 0.717) is 10.9 Å². The van der Waals surface area contributed by atoms with Crippen molar-refractivity contribution in [3.63, 3.8) is 0 Å². The summed E-state index contributed by atoms with van der Waals surface area (Å²) < 4.78 is 1.01. The molecule has 0 unspecified atom stereocenters. The van der Waals surface area contributed by atoms with Crippen LogP contribution in [0.25, 0.3) is 6.08 Å². The number of piperidine rings is 1. The number of rotatable bonds is 1. The number of nitrogens with zero attached hydrogens (tertiary/aromatic N) is 2. The van der Waals surface area contributed by atoms with Gasteiger partial charge in [-0.25, -0.2) is 0 Å². The van der Waals surface area contributed by atoms with Gasteiger partial charge in [0.05, 0.1) is 4.91 Å². The van der Waals surface area contributed by atoms with E-state index in [1.54, 1.807) is 0 Å². The van der Waals surface area contributed by atoms with Crippen LogP contribution in [0.4, 0.5) is 0 Å². The number of halogens is 1. The molecule has 110 valence electrons. The second kappa shape index (κ2) is 6.36. The molecule has 3 rings (SSSR count). The van der Waals surface area contributed by atoms with Gasteiger partial charge >= 0.3 is 0 Å². The zero-order valence-electron chi connectivity index (χ0n) is 11.9. The van der Waals surface area contributed by atoms with E-state index in [0.717, 1.165) is 21.7 Å². The van der Waals surface area contributed by atoms with Crippen LogP contribution >= 0.6 is 27.7 Å². The Morgan fingerprint density at radius 2 is 2.29 bits per heavy atom. The van der Waals surface area contributed by atoms with Crippen molar-refractivity contribution in [2.75, 3.05) is 6.54 Å². The van der Waals surface area contributed by atoms with Crippen LogP contribution in [0.15, 0.2) is 38.6 Å². The third kappa shape index (κ3) is 3.40. The molecule has 0 aliphatic carbocycles. The van der Waals surface area contributed by atoms with Gasteiger partial charge in [-0.15, -0.1) is 0 Å². The van der Waals surface area contributed by atoms with Crippen LogP contribution in [-0.4, -0.2) is 28.6 Å². The van der Waals surface area contributed by atoms with Gasteiger partial charge in [-0.05, 0) is 61.7 Å². The summed E-state index contributed by atoms with van der Waals surface area (Å²) >= 11 is 4.95. The number of amidine groups is 1. The fourth-order valence-electron chi connectivity index (χ4n) is 2.65. The number of thioether (sulfide) groups is 1. The van der Waals surface area contributed by atoms with Crippen molar-refractivity contribution in [2.45, 2.75) is 32.2 Å². The van der Waals surface area contributed by atoms with E-state index in [4.69, 9.17) is 0 Å². The number of amides is 1. The first-order valence-electron chi connectivity index (χ1n) is 7.18. The molecule has 2 heterocycles. The molecule has 2 aliphatic rings. The molecule has 21 heavy (non-hydrogen) atoms. The molecule has 0 spiro atoms. The molecular formula is C16H17BrN2OS. The van der Waals surface area contributed by atoms with Gasteiger partial charge in [-0.2, -0.15) is 4.99 Å².